The predicted molar refractivity (Wildman–Crippen MR) is 31.5 cm³/mol. The molecule has 1 fully saturated rings. The third-order valence-electron chi connectivity index (χ3n) is 0.858. The number of nitrogens with zero attached hydrogens (tertiary/aromatic N) is 1. The van der Waals surface area contributed by atoms with Gasteiger partial charge in [0.05, 0.1) is 6.67 Å². The summed E-state index contributed by atoms with van der Waals surface area (Å²) in [6.45, 7) is 0.804. The fourth-order valence-electron chi connectivity index (χ4n) is 0.401. The van der Waals surface area contributed by atoms with Gasteiger partial charge in [-0.05, 0) is 12.2 Å². The average Bonchev–Trinajstić information content (AvgIpc) is 1.91. The van der Waals surface area contributed by atoms with Gasteiger partial charge in [0.15, 0.2) is 5.11 Å². The second-order valence-electron chi connectivity index (χ2n) is 1.46. The minimum Gasteiger partial charge on any atom is -0.337 e. The van der Waals surface area contributed by atoms with Gasteiger partial charge < -0.3 is 4.90 Å². The molecule has 0 atom stereocenters. The van der Waals surface area contributed by atoms with E-state index in [0.29, 0.717) is 0 Å². The van der Waals surface area contributed by atoms with Crippen LogP contribution in [0.2, 0.25) is 0 Å². The number of rotatable bonds is 0. The Bertz CT molecular complexity index is 92.2. The summed E-state index contributed by atoms with van der Waals surface area (Å²) >= 11 is 4.79. The Kier molecular flexibility index (Phi) is 1.12. The monoisotopic (exact) mass is 117 g/mol. The van der Waals surface area contributed by atoms with Gasteiger partial charge in [-0.3, -0.25) is 5.43 Å². The van der Waals surface area contributed by atoms with E-state index in [1.165, 1.54) is 0 Å². The molecule has 0 spiro atoms. The van der Waals surface area contributed by atoms with Crippen LogP contribution in [0.3, 0.4) is 0 Å². The lowest BCUT2D eigenvalue weighted by Gasteiger charge is -2.03. The van der Waals surface area contributed by atoms with E-state index in [4.69, 9.17) is 12.2 Å². The molecule has 0 aromatic heterocycles. The van der Waals surface area contributed by atoms with Crippen LogP contribution in [0, 0.1) is 0 Å². The highest BCUT2D eigenvalue weighted by atomic mass is 32.1. The number of hydrazine groups is 1. The quantitative estimate of drug-likeness (QED) is 0.409. The van der Waals surface area contributed by atoms with Gasteiger partial charge in [-0.1, -0.05) is 0 Å². The first kappa shape index (κ1) is 4.80. The summed E-state index contributed by atoms with van der Waals surface area (Å²) in [6.07, 6.45) is 0. The van der Waals surface area contributed by atoms with Crippen molar-refractivity contribution in [1.82, 2.24) is 15.8 Å². The van der Waals surface area contributed by atoms with Crippen LogP contribution in [0.5, 0.6) is 0 Å². The smallest absolute Gasteiger partial charge is 0.184 e. The summed E-state index contributed by atoms with van der Waals surface area (Å²) in [5, 5.41) is 0.764. The standard InChI is InChI=1S/C3H7N3S/c1-6-2-4-5-3(6)7/h4H,2H2,1H3,(H,5,7). The maximum Gasteiger partial charge on any atom is 0.184 e. The van der Waals surface area contributed by atoms with Crippen LogP contribution in [0.25, 0.3) is 0 Å². The molecule has 2 N–H and O–H groups in total. The maximum absolute atomic E-state index is 4.79. The molecule has 7 heavy (non-hydrogen) atoms. The summed E-state index contributed by atoms with van der Waals surface area (Å²) < 4.78 is 0. The van der Waals surface area contributed by atoms with Crippen molar-refractivity contribution < 1.29 is 0 Å². The van der Waals surface area contributed by atoms with E-state index in [-0.39, 0.29) is 0 Å². The van der Waals surface area contributed by atoms with Crippen molar-refractivity contribution in [3.63, 3.8) is 0 Å². The largest absolute Gasteiger partial charge is 0.337 e. The molecule has 0 aromatic carbocycles. The van der Waals surface area contributed by atoms with Gasteiger partial charge in [-0.15, -0.1) is 0 Å². The van der Waals surface area contributed by atoms with Crippen molar-refractivity contribution in [2.24, 2.45) is 0 Å². The van der Waals surface area contributed by atoms with Crippen LogP contribution < -0.4 is 10.9 Å². The first-order valence-electron chi connectivity index (χ1n) is 2.04. The molecule has 1 aliphatic heterocycles. The van der Waals surface area contributed by atoms with E-state index < -0.39 is 0 Å². The molecule has 0 unspecified atom stereocenters. The van der Waals surface area contributed by atoms with Crippen molar-refractivity contribution in [2.75, 3.05) is 13.7 Å². The molecule has 1 heterocycles. The van der Waals surface area contributed by atoms with Crippen molar-refractivity contribution in [3.05, 3.63) is 0 Å². The second kappa shape index (κ2) is 1.63. The minimum absolute atomic E-state index is 0.764. The molecular weight excluding hydrogens is 110 g/mol. The Hall–Kier alpha value is -0.350. The number of hydrogen-bond donors (Lipinski definition) is 2. The van der Waals surface area contributed by atoms with Crippen LogP contribution in [-0.2, 0) is 0 Å². The molecule has 0 amide bonds. The van der Waals surface area contributed by atoms with Crippen molar-refractivity contribution in [1.29, 1.82) is 0 Å². The highest BCUT2D eigenvalue weighted by molar-refractivity contribution is 7.80. The fraction of sp³-hybridized carbons (Fsp3) is 0.667. The molecule has 1 saturated heterocycles. The first-order chi connectivity index (χ1) is 3.30. The zero-order valence-corrected chi connectivity index (χ0v) is 4.88. The zero-order valence-electron chi connectivity index (χ0n) is 4.06. The zero-order chi connectivity index (χ0) is 5.28. The summed E-state index contributed by atoms with van der Waals surface area (Å²) in [5.41, 5.74) is 5.63. The lowest BCUT2D eigenvalue weighted by molar-refractivity contribution is 0.518. The normalized spacial score (nSPS) is 20.1. The lowest BCUT2D eigenvalue weighted by Crippen LogP contribution is -2.25. The third-order valence-corrected chi connectivity index (χ3v) is 1.27. The SMILES string of the molecule is CN1CNNC1=S. The Morgan fingerprint density at radius 2 is 2.57 bits per heavy atom. The molecular formula is C3H7N3S. The van der Waals surface area contributed by atoms with E-state index in [0.717, 1.165) is 11.8 Å². The van der Waals surface area contributed by atoms with Crippen LogP contribution >= 0.6 is 12.2 Å². The Morgan fingerprint density at radius 3 is 2.71 bits per heavy atom. The van der Waals surface area contributed by atoms with Crippen LogP contribution in [0.15, 0.2) is 0 Å². The van der Waals surface area contributed by atoms with Crippen molar-refractivity contribution in [3.8, 4) is 0 Å². The predicted octanol–water partition coefficient (Wildman–Crippen LogP) is -0.732. The van der Waals surface area contributed by atoms with Crippen molar-refractivity contribution >= 4 is 17.3 Å². The maximum atomic E-state index is 4.79. The third kappa shape index (κ3) is 0.808. The summed E-state index contributed by atoms with van der Waals surface area (Å²) in [5.74, 6) is 0. The van der Waals surface area contributed by atoms with Crippen molar-refractivity contribution in [2.45, 2.75) is 0 Å². The van der Waals surface area contributed by atoms with Gasteiger partial charge in [0.1, 0.15) is 0 Å². The van der Waals surface area contributed by atoms with Gasteiger partial charge in [-0.25, -0.2) is 5.43 Å². The number of nitrogens with one attached hydrogen (secondary N) is 2. The molecule has 3 nitrogen and oxygen atoms in total. The molecule has 40 valence electrons. The summed E-state index contributed by atoms with van der Waals surface area (Å²) in [7, 11) is 1.93. The molecule has 1 aliphatic rings. The lowest BCUT2D eigenvalue weighted by atomic mass is 10.9. The summed E-state index contributed by atoms with van der Waals surface area (Å²) in [4.78, 5) is 1.91. The van der Waals surface area contributed by atoms with E-state index in [1.807, 2.05) is 11.9 Å². The van der Waals surface area contributed by atoms with Gasteiger partial charge in [0.25, 0.3) is 0 Å². The Balaban J connectivity index is 2.48. The van der Waals surface area contributed by atoms with E-state index in [1.54, 1.807) is 0 Å². The molecule has 0 radical (unpaired) electrons. The molecule has 0 bridgehead atoms. The summed E-state index contributed by atoms with van der Waals surface area (Å²) in [6, 6.07) is 0. The second-order valence-corrected chi connectivity index (χ2v) is 1.85. The highest BCUT2D eigenvalue weighted by Gasteiger charge is 2.07. The Morgan fingerprint density at radius 1 is 1.86 bits per heavy atom. The van der Waals surface area contributed by atoms with Crippen LogP contribution in [0.4, 0.5) is 0 Å². The Labute approximate surface area is 47.7 Å². The molecule has 0 aromatic rings. The number of hydrogen-bond acceptors (Lipinski definition) is 2. The van der Waals surface area contributed by atoms with Crippen LogP contribution in [0.1, 0.15) is 0 Å². The molecule has 0 aliphatic carbocycles. The van der Waals surface area contributed by atoms with Gasteiger partial charge in [0.2, 0.25) is 0 Å². The van der Waals surface area contributed by atoms with Gasteiger partial charge >= 0.3 is 0 Å². The van der Waals surface area contributed by atoms with Gasteiger partial charge in [-0.2, -0.15) is 0 Å². The average molecular weight is 117 g/mol. The fourth-order valence-corrected chi connectivity index (χ4v) is 0.538. The number of thiocarbonyl (C=S) groups is 1. The molecule has 1 rings (SSSR count). The first-order valence-corrected chi connectivity index (χ1v) is 2.45. The van der Waals surface area contributed by atoms with Crippen LogP contribution in [-0.4, -0.2) is 23.7 Å². The topological polar surface area (TPSA) is 27.3 Å². The molecule has 0 saturated carbocycles. The van der Waals surface area contributed by atoms with E-state index in [2.05, 4.69) is 10.9 Å². The van der Waals surface area contributed by atoms with E-state index >= 15 is 0 Å². The van der Waals surface area contributed by atoms with Gasteiger partial charge in [0, 0.05) is 7.05 Å². The van der Waals surface area contributed by atoms with E-state index in [9.17, 15) is 0 Å². The molecule has 4 heteroatoms. The minimum atomic E-state index is 0.764. The highest BCUT2D eigenvalue weighted by Crippen LogP contribution is 1.84.